The van der Waals surface area contributed by atoms with Crippen molar-refractivity contribution in [3.8, 4) is 5.75 Å². The monoisotopic (exact) mass is 328 g/mol. The van der Waals surface area contributed by atoms with E-state index in [1.54, 1.807) is 12.1 Å². The highest BCUT2D eigenvalue weighted by atomic mass is 79.9. The predicted octanol–water partition coefficient (Wildman–Crippen LogP) is 1.22. The topological polar surface area (TPSA) is 61.8 Å². The molecule has 0 aromatic heterocycles. The molecule has 1 saturated heterocycles. The number of halogens is 1. The number of amides is 1. The van der Waals surface area contributed by atoms with Gasteiger partial charge in [0.15, 0.2) is 0 Å². The van der Waals surface area contributed by atoms with Crippen LogP contribution < -0.4 is 5.32 Å². The minimum Gasteiger partial charge on any atom is -0.507 e. The first kappa shape index (κ1) is 14.3. The first-order valence-corrected chi connectivity index (χ1v) is 7.03. The van der Waals surface area contributed by atoms with E-state index in [4.69, 9.17) is 4.74 Å². The molecule has 104 valence electrons. The van der Waals surface area contributed by atoms with Gasteiger partial charge in [-0.2, -0.15) is 0 Å². The second kappa shape index (κ2) is 6.88. The maximum absolute atomic E-state index is 11.9. The smallest absolute Gasteiger partial charge is 0.255 e. The summed E-state index contributed by atoms with van der Waals surface area (Å²) in [5.74, 6) is -0.267. The second-order valence-corrected chi connectivity index (χ2v) is 5.29. The van der Waals surface area contributed by atoms with Gasteiger partial charge in [-0.3, -0.25) is 9.69 Å². The predicted molar refractivity (Wildman–Crippen MR) is 75.4 cm³/mol. The van der Waals surface area contributed by atoms with Crippen LogP contribution in [-0.4, -0.2) is 55.3 Å². The number of carbonyl (C=O) groups excluding carboxylic acids is 1. The Morgan fingerprint density at radius 3 is 2.84 bits per heavy atom. The number of nitrogens with zero attached hydrogens (tertiary/aromatic N) is 1. The molecule has 1 heterocycles. The van der Waals surface area contributed by atoms with Crippen LogP contribution in [0.25, 0.3) is 0 Å². The zero-order valence-corrected chi connectivity index (χ0v) is 12.1. The molecule has 0 saturated carbocycles. The molecule has 0 spiro atoms. The number of phenols is 1. The minimum absolute atomic E-state index is 0.0155. The van der Waals surface area contributed by atoms with Gasteiger partial charge in [-0.05, 0) is 18.2 Å². The van der Waals surface area contributed by atoms with Gasteiger partial charge >= 0.3 is 0 Å². The van der Waals surface area contributed by atoms with Crippen LogP contribution in [0.15, 0.2) is 22.7 Å². The van der Waals surface area contributed by atoms with Gasteiger partial charge in [0, 0.05) is 30.7 Å². The zero-order chi connectivity index (χ0) is 13.7. The molecule has 0 atom stereocenters. The summed E-state index contributed by atoms with van der Waals surface area (Å²) in [4.78, 5) is 14.1. The average Bonchev–Trinajstić information content (AvgIpc) is 2.39. The van der Waals surface area contributed by atoms with Gasteiger partial charge in [-0.1, -0.05) is 15.9 Å². The molecular weight excluding hydrogens is 312 g/mol. The van der Waals surface area contributed by atoms with Gasteiger partial charge < -0.3 is 15.2 Å². The van der Waals surface area contributed by atoms with Crippen LogP contribution in [0.4, 0.5) is 0 Å². The van der Waals surface area contributed by atoms with Gasteiger partial charge in [0.05, 0.1) is 18.8 Å². The Kier molecular flexibility index (Phi) is 5.18. The molecule has 0 unspecified atom stereocenters. The summed E-state index contributed by atoms with van der Waals surface area (Å²) in [6.07, 6.45) is 0. The Morgan fingerprint density at radius 1 is 1.42 bits per heavy atom. The molecule has 5 nitrogen and oxygen atoms in total. The Morgan fingerprint density at radius 2 is 2.16 bits per heavy atom. The van der Waals surface area contributed by atoms with E-state index in [0.717, 1.165) is 37.3 Å². The zero-order valence-electron chi connectivity index (χ0n) is 10.6. The number of aromatic hydroxyl groups is 1. The number of nitrogens with one attached hydrogen (secondary N) is 1. The highest BCUT2D eigenvalue weighted by Crippen LogP contribution is 2.21. The third kappa shape index (κ3) is 4.19. The molecule has 1 amide bonds. The highest BCUT2D eigenvalue weighted by Gasteiger charge is 2.13. The molecule has 0 radical (unpaired) electrons. The van der Waals surface area contributed by atoms with Crippen molar-refractivity contribution in [1.29, 1.82) is 0 Å². The first-order chi connectivity index (χ1) is 9.16. The van der Waals surface area contributed by atoms with E-state index in [9.17, 15) is 9.90 Å². The third-order valence-corrected chi connectivity index (χ3v) is 3.51. The lowest BCUT2D eigenvalue weighted by atomic mass is 10.2. The van der Waals surface area contributed by atoms with Crippen molar-refractivity contribution in [3.05, 3.63) is 28.2 Å². The number of hydrogen-bond donors (Lipinski definition) is 2. The van der Waals surface area contributed by atoms with Gasteiger partial charge in [0.25, 0.3) is 5.91 Å². The number of phenolic OH excluding ortho intramolecular Hbond substituents is 1. The summed E-state index contributed by atoms with van der Waals surface area (Å²) in [5, 5.41) is 12.5. The average molecular weight is 329 g/mol. The molecule has 19 heavy (non-hydrogen) atoms. The molecule has 2 N–H and O–H groups in total. The van der Waals surface area contributed by atoms with Gasteiger partial charge in [-0.25, -0.2) is 0 Å². The van der Waals surface area contributed by atoms with E-state index in [-0.39, 0.29) is 11.7 Å². The lowest BCUT2D eigenvalue weighted by molar-refractivity contribution is 0.0383. The Balaban J connectivity index is 1.80. The van der Waals surface area contributed by atoms with E-state index < -0.39 is 0 Å². The van der Waals surface area contributed by atoms with Crippen molar-refractivity contribution < 1.29 is 14.6 Å². The maximum Gasteiger partial charge on any atom is 0.255 e. The molecular formula is C13H17BrN2O3. The molecule has 6 heteroatoms. The van der Waals surface area contributed by atoms with E-state index >= 15 is 0 Å². The number of carbonyl (C=O) groups is 1. The van der Waals surface area contributed by atoms with E-state index in [1.807, 2.05) is 0 Å². The molecule has 1 aliphatic heterocycles. The summed E-state index contributed by atoms with van der Waals surface area (Å²) < 4.78 is 6.00. The van der Waals surface area contributed by atoms with Gasteiger partial charge in [0.1, 0.15) is 5.75 Å². The Hall–Kier alpha value is -1.11. The summed E-state index contributed by atoms with van der Waals surface area (Å²) in [7, 11) is 0. The first-order valence-electron chi connectivity index (χ1n) is 6.23. The van der Waals surface area contributed by atoms with Crippen LogP contribution in [0.2, 0.25) is 0 Å². The highest BCUT2D eigenvalue weighted by molar-refractivity contribution is 9.10. The molecule has 0 bridgehead atoms. The number of benzene rings is 1. The summed E-state index contributed by atoms with van der Waals surface area (Å²) >= 11 is 3.24. The Bertz CT molecular complexity index is 448. The SMILES string of the molecule is O=C(NCCN1CCOCC1)c1ccc(Br)cc1O. The second-order valence-electron chi connectivity index (χ2n) is 4.37. The van der Waals surface area contributed by atoms with Crippen molar-refractivity contribution in [3.63, 3.8) is 0 Å². The van der Waals surface area contributed by atoms with Crippen molar-refractivity contribution in [2.45, 2.75) is 0 Å². The number of hydrogen-bond acceptors (Lipinski definition) is 4. The van der Waals surface area contributed by atoms with Crippen LogP contribution in [0, 0.1) is 0 Å². The van der Waals surface area contributed by atoms with Crippen LogP contribution in [0.1, 0.15) is 10.4 Å². The van der Waals surface area contributed by atoms with Gasteiger partial charge in [-0.15, -0.1) is 0 Å². The van der Waals surface area contributed by atoms with E-state index in [0.29, 0.717) is 12.1 Å². The fraction of sp³-hybridized carbons (Fsp3) is 0.462. The summed E-state index contributed by atoms with van der Waals surface area (Å²) in [6.45, 7) is 4.67. The summed E-state index contributed by atoms with van der Waals surface area (Å²) in [5.41, 5.74) is 0.296. The quantitative estimate of drug-likeness (QED) is 0.872. The molecule has 1 aromatic carbocycles. The Labute approximate surface area is 120 Å². The molecule has 1 aliphatic rings. The summed E-state index contributed by atoms with van der Waals surface area (Å²) in [6, 6.07) is 4.84. The fourth-order valence-electron chi connectivity index (χ4n) is 1.94. The standard InChI is InChI=1S/C13H17BrN2O3/c14-10-1-2-11(12(17)9-10)13(18)15-3-4-16-5-7-19-8-6-16/h1-2,9,17H,3-8H2,(H,15,18). The minimum atomic E-state index is -0.252. The largest absolute Gasteiger partial charge is 0.507 e. The number of ether oxygens (including phenoxy) is 1. The lowest BCUT2D eigenvalue weighted by Crippen LogP contribution is -2.41. The normalized spacial score (nSPS) is 16.3. The van der Waals surface area contributed by atoms with Crippen molar-refractivity contribution in [1.82, 2.24) is 10.2 Å². The number of morpholine rings is 1. The molecule has 0 aliphatic carbocycles. The van der Waals surface area contributed by atoms with Gasteiger partial charge in [0.2, 0.25) is 0 Å². The van der Waals surface area contributed by atoms with Crippen LogP contribution in [-0.2, 0) is 4.74 Å². The van der Waals surface area contributed by atoms with Crippen molar-refractivity contribution in [2.24, 2.45) is 0 Å². The molecule has 1 fully saturated rings. The lowest BCUT2D eigenvalue weighted by Gasteiger charge is -2.26. The van der Waals surface area contributed by atoms with Crippen LogP contribution >= 0.6 is 15.9 Å². The van der Waals surface area contributed by atoms with E-state index in [1.165, 1.54) is 6.07 Å². The third-order valence-electron chi connectivity index (χ3n) is 3.02. The maximum atomic E-state index is 11.9. The molecule has 1 aromatic rings. The van der Waals surface area contributed by atoms with Crippen LogP contribution in [0.5, 0.6) is 5.75 Å². The van der Waals surface area contributed by atoms with Crippen molar-refractivity contribution >= 4 is 21.8 Å². The fourth-order valence-corrected chi connectivity index (χ4v) is 2.29. The van der Waals surface area contributed by atoms with Crippen LogP contribution in [0.3, 0.4) is 0 Å². The number of rotatable bonds is 4. The van der Waals surface area contributed by atoms with E-state index in [2.05, 4.69) is 26.1 Å². The molecule has 2 rings (SSSR count). The van der Waals surface area contributed by atoms with Crippen molar-refractivity contribution in [2.75, 3.05) is 39.4 Å².